The van der Waals surface area contributed by atoms with Crippen LogP contribution in [-0.4, -0.2) is 95.7 Å². The first-order valence-corrected chi connectivity index (χ1v) is 14.0. The van der Waals surface area contributed by atoms with E-state index in [0.29, 0.717) is 31.9 Å². The van der Waals surface area contributed by atoms with Gasteiger partial charge in [-0.15, -0.1) is 0 Å². The van der Waals surface area contributed by atoms with Gasteiger partial charge in [-0.3, -0.25) is 9.74 Å². The summed E-state index contributed by atoms with van der Waals surface area (Å²) in [5.41, 5.74) is 3.41. The Morgan fingerprint density at radius 2 is 1.81 bits per heavy atom. The fourth-order valence-electron chi connectivity index (χ4n) is 4.73. The lowest BCUT2D eigenvalue weighted by molar-refractivity contribution is -0.147. The Morgan fingerprint density at radius 1 is 1.03 bits per heavy atom. The van der Waals surface area contributed by atoms with Crippen LogP contribution in [0.5, 0.6) is 0 Å². The minimum Gasteiger partial charge on any atom is -0.395 e. The summed E-state index contributed by atoms with van der Waals surface area (Å²) in [7, 11) is -3.39. The number of rotatable bonds is 9. The van der Waals surface area contributed by atoms with Crippen LogP contribution in [0.4, 0.5) is 5.69 Å². The summed E-state index contributed by atoms with van der Waals surface area (Å²) in [6.07, 6.45) is -1.50. The molecule has 198 valence electrons. The third-order valence-electron chi connectivity index (χ3n) is 6.67. The molecule has 11 heteroatoms. The molecule has 0 aromatic heterocycles. The fourth-order valence-corrected chi connectivity index (χ4v) is 5.44. The zero-order chi connectivity index (χ0) is 25.9. The van der Waals surface area contributed by atoms with Crippen molar-refractivity contribution in [3.8, 4) is 0 Å². The molecule has 2 aromatic rings. The molecule has 36 heavy (non-hydrogen) atoms. The van der Waals surface area contributed by atoms with E-state index in [-0.39, 0.29) is 18.0 Å². The van der Waals surface area contributed by atoms with Gasteiger partial charge in [-0.1, -0.05) is 24.3 Å². The molecule has 0 unspecified atom stereocenters. The molecule has 0 radical (unpaired) electrons. The van der Waals surface area contributed by atoms with E-state index in [4.69, 9.17) is 4.84 Å². The molecule has 10 nitrogen and oxygen atoms in total. The van der Waals surface area contributed by atoms with Crippen molar-refractivity contribution < 1.29 is 33.7 Å². The molecule has 2 aliphatic heterocycles. The Kier molecular flexibility index (Phi) is 8.63. The summed E-state index contributed by atoms with van der Waals surface area (Å²) in [6.45, 7) is 2.60. The van der Waals surface area contributed by atoms with Crippen LogP contribution in [-0.2, 0) is 34.3 Å². The van der Waals surface area contributed by atoms with Crippen LogP contribution < -0.4 is 5.32 Å². The van der Waals surface area contributed by atoms with Crippen LogP contribution in [0.15, 0.2) is 47.4 Å². The number of aliphatic hydroxyl groups excluding tert-OH is 4. The van der Waals surface area contributed by atoms with E-state index < -0.39 is 34.2 Å². The van der Waals surface area contributed by atoms with Crippen molar-refractivity contribution in [2.75, 3.05) is 37.9 Å². The van der Waals surface area contributed by atoms with Gasteiger partial charge in [0.15, 0.2) is 9.84 Å². The molecule has 4 atom stereocenters. The Bertz CT molecular complexity index is 1140. The molecule has 2 heterocycles. The number of nitrogens with zero attached hydrogens (tertiary/aromatic N) is 2. The molecule has 0 bridgehead atoms. The largest absolute Gasteiger partial charge is 0.395 e. The van der Waals surface area contributed by atoms with Gasteiger partial charge in [0.1, 0.15) is 12.2 Å². The minimum absolute atomic E-state index is 0.133. The first kappa shape index (κ1) is 27.0. The molecule has 2 fully saturated rings. The topological polar surface area (TPSA) is 143 Å². The molecule has 2 aliphatic rings. The number of anilines is 1. The SMILES string of the molecule is CS(=O)(=O)c1cc(CN2CCCO2)cc(NCc2cccc(CN3C[C@H](O)[C@@H](O)[C@H](O)[C@H]3CO)c2)c1. The number of sulfone groups is 1. The summed E-state index contributed by atoms with van der Waals surface area (Å²) < 4.78 is 24.5. The number of benzene rings is 2. The van der Waals surface area contributed by atoms with E-state index in [1.165, 1.54) is 6.26 Å². The summed E-state index contributed by atoms with van der Waals surface area (Å²) in [6, 6.07) is 12.3. The first-order valence-electron chi connectivity index (χ1n) is 12.1. The lowest BCUT2D eigenvalue weighted by Crippen LogP contribution is -2.62. The number of hydrogen-bond acceptors (Lipinski definition) is 10. The monoisotopic (exact) mass is 521 g/mol. The Morgan fingerprint density at radius 3 is 2.50 bits per heavy atom. The van der Waals surface area contributed by atoms with Gasteiger partial charge < -0.3 is 25.7 Å². The second kappa shape index (κ2) is 11.5. The molecule has 5 N–H and O–H groups in total. The summed E-state index contributed by atoms with van der Waals surface area (Å²) in [5, 5.41) is 45.1. The molecule has 0 amide bonds. The number of β-amino-alcohol motifs (C(OH)–C–C–N with tert-alkyl or cyclic N) is 1. The molecule has 2 aromatic carbocycles. The van der Waals surface area contributed by atoms with Gasteiger partial charge in [0.25, 0.3) is 0 Å². The summed E-state index contributed by atoms with van der Waals surface area (Å²) in [5.74, 6) is 0. The highest BCUT2D eigenvalue weighted by Crippen LogP contribution is 2.24. The third kappa shape index (κ3) is 6.61. The highest BCUT2D eigenvalue weighted by Gasteiger charge is 2.40. The summed E-state index contributed by atoms with van der Waals surface area (Å²) >= 11 is 0. The zero-order valence-electron chi connectivity index (χ0n) is 20.3. The fraction of sp³-hybridized carbons (Fsp3) is 0.520. The predicted molar refractivity (Wildman–Crippen MR) is 134 cm³/mol. The van der Waals surface area contributed by atoms with Crippen molar-refractivity contribution >= 4 is 15.5 Å². The number of hydroxylamine groups is 2. The Hall–Kier alpha value is -2.09. The quantitative estimate of drug-likeness (QED) is 0.308. The Balaban J connectivity index is 1.46. The number of aliphatic hydroxyl groups is 4. The van der Waals surface area contributed by atoms with Crippen LogP contribution in [0, 0.1) is 0 Å². The van der Waals surface area contributed by atoms with Crippen molar-refractivity contribution in [3.05, 3.63) is 59.2 Å². The van der Waals surface area contributed by atoms with E-state index in [2.05, 4.69) is 5.32 Å². The smallest absolute Gasteiger partial charge is 0.175 e. The van der Waals surface area contributed by atoms with Gasteiger partial charge in [0, 0.05) is 44.7 Å². The van der Waals surface area contributed by atoms with Crippen LogP contribution >= 0.6 is 0 Å². The molecule has 2 saturated heterocycles. The maximum atomic E-state index is 12.3. The molecule has 0 aliphatic carbocycles. The van der Waals surface area contributed by atoms with Gasteiger partial charge in [0.2, 0.25) is 0 Å². The number of hydrogen-bond donors (Lipinski definition) is 5. The third-order valence-corrected chi connectivity index (χ3v) is 7.76. The second-order valence-electron chi connectivity index (χ2n) is 9.59. The minimum atomic E-state index is -3.39. The van der Waals surface area contributed by atoms with Gasteiger partial charge >= 0.3 is 0 Å². The van der Waals surface area contributed by atoms with E-state index in [1.54, 1.807) is 17.0 Å². The van der Waals surface area contributed by atoms with E-state index in [1.807, 2.05) is 35.4 Å². The average molecular weight is 522 g/mol. The van der Waals surface area contributed by atoms with E-state index >= 15 is 0 Å². The maximum absolute atomic E-state index is 12.3. The van der Waals surface area contributed by atoms with E-state index in [0.717, 1.165) is 29.7 Å². The molecule has 0 spiro atoms. The zero-order valence-corrected chi connectivity index (χ0v) is 21.1. The molecular weight excluding hydrogens is 486 g/mol. The van der Waals surface area contributed by atoms with Crippen LogP contribution in [0.3, 0.4) is 0 Å². The van der Waals surface area contributed by atoms with Gasteiger partial charge in [-0.2, -0.15) is 5.06 Å². The highest BCUT2D eigenvalue weighted by molar-refractivity contribution is 7.90. The molecule has 4 rings (SSSR count). The maximum Gasteiger partial charge on any atom is 0.175 e. The van der Waals surface area contributed by atoms with Crippen LogP contribution in [0.2, 0.25) is 0 Å². The number of piperidine rings is 1. The van der Waals surface area contributed by atoms with Crippen LogP contribution in [0.25, 0.3) is 0 Å². The highest BCUT2D eigenvalue weighted by atomic mass is 32.2. The number of nitrogens with one attached hydrogen (secondary N) is 1. The van der Waals surface area contributed by atoms with E-state index in [9.17, 15) is 28.8 Å². The van der Waals surface area contributed by atoms with Crippen molar-refractivity contribution in [2.45, 2.75) is 55.3 Å². The average Bonchev–Trinajstić information content (AvgIpc) is 3.34. The van der Waals surface area contributed by atoms with Crippen molar-refractivity contribution in [2.24, 2.45) is 0 Å². The van der Waals surface area contributed by atoms with Crippen LogP contribution in [0.1, 0.15) is 23.1 Å². The second-order valence-corrected chi connectivity index (χ2v) is 11.6. The normalized spacial score (nSPS) is 25.8. The first-order chi connectivity index (χ1) is 17.1. The van der Waals surface area contributed by atoms with Gasteiger partial charge in [-0.05, 0) is 41.3 Å². The summed E-state index contributed by atoms with van der Waals surface area (Å²) in [4.78, 5) is 7.57. The lowest BCUT2D eigenvalue weighted by atomic mass is 9.93. The lowest BCUT2D eigenvalue weighted by Gasteiger charge is -2.43. The Labute approximate surface area is 211 Å². The number of likely N-dealkylation sites (tertiary alicyclic amines) is 1. The van der Waals surface area contributed by atoms with Gasteiger partial charge in [0.05, 0.1) is 30.3 Å². The predicted octanol–water partition coefficient (Wildman–Crippen LogP) is 0.0987. The van der Waals surface area contributed by atoms with Crippen molar-refractivity contribution in [1.82, 2.24) is 9.96 Å². The van der Waals surface area contributed by atoms with Crippen molar-refractivity contribution in [3.63, 3.8) is 0 Å². The van der Waals surface area contributed by atoms with Crippen molar-refractivity contribution in [1.29, 1.82) is 0 Å². The molecular formula is C25H35N3O7S. The standard InChI is InChI=1S/C25H35N3O7S/c1-36(33,34)21-10-19(14-28-6-3-7-35-28)9-20(11-21)26-12-17-4-2-5-18(8-17)13-27-15-23(30)25(32)24(31)22(27)16-29/h2,4-5,8-11,22-26,29-32H,3,6-7,12-16H2,1H3/t22-,23+,24-,25-/m1/s1. The van der Waals surface area contributed by atoms with Gasteiger partial charge in [-0.25, -0.2) is 8.42 Å². The molecule has 0 saturated carbocycles.